The molecule has 3 N–H and O–H groups in total. The molecule has 2 rings (SSSR count). The van der Waals surface area contributed by atoms with Crippen molar-refractivity contribution in [1.82, 2.24) is 0 Å². The molecule has 0 aliphatic heterocycles. The van der Waals surface area contributed by atoms with Crippen molar-refractivity contribution in [3.63, 3.8) is 0 Å². The molecule has 0 saturated heterocycles. The number of hydrogen-bond acceptors (Lipinski definition) is 3. The summed E-state index contributed by atoms with van der Waals surface area (Å²) >= 11 is 5.78. The van der Waals surface area contributed by atoms with Crippen LogP contribution in [0.15, 0.2) is 30.3 Å². The van der Waals surface area contributed by atoms with Gasteiger partial charge < -0.3 is 15.5 Å². The first-order valence-corrected chi connectivity index (χ1v) is 6.20. The molecule has 0 saturated carbocycles. The van der Waals surface area contributed by atoms with Gasteiger partial charge in [0.25, 0.3) is 0 Å². The van der Waals surface area contributed by atoms with Gasteiger partial charge in [-0.1, -0.05) is 17.7 Å². The van der Waals surface area contributed by atoms with Gasteiger partial charge >= 0.3 is 0 Å². The van der Waals surface area contributed by atoms with Crippen molar-refractivity contribution < 1.29 is 19.0 Å². The van der Waals surface area contributed by atoms with E-state index in [1.807, 2.05) is 0 Å². The van der Waals surface area contributed by atoms with Crippen LogP contribution >= 0.6 is 11.6 Å². The normalized spacial score (nSPS) is 12.2. The highest BCUT2D eigenvalue weighted by Gasteiger charge is 2.18. The molecule has 1 unspecified atom stereocenters. The van der Waals surface area contributed by atoms with Crippen molar-refractivity contribution in [2.45, 2.75) is 13.0 Å². The van der Waals surface area contributed by atoms with E-state index >= 15 is 0 Å². The largest absolute Gasteiger partial charge is 0.507 e. The Morgan fingerprint density at radius 2 is 1.75 bits per heavy atom. The summed E-state index contributed by atoms with van der Waals surface area (Å²) in [6.45, 7) is 1.61. The quantitative estimate of drug-likeness (QED) is 0.796. The van der Waals surface area contributed by atoms with Crippen LogP contribution < -0.4 is 5.32 Å². The third kappa shape index (κ3) is 2.77. The van der Waals surface area contributed by atoms with E-state index in [4.69, 9.17) is 11.6 Å². The minimum absolute atomic E-state index is 0.0942. The number of halogens is 3. The van der Waals surface area contributed by atoms with E-state index in [1.54, 1.807) is 6.92 Å². The fraction of sp³-hybridized carbons (Fsp3) is 0.143. The Morgan fingerprint density at radius 1 is 1.15 bits per heavy atom. The summed E-state index contributed by atoms with van der Waals surface area (Å²) in [5, 5.41) is 22.1. The molecule has 2 aromatic rings. The van der Waals surface area contributed by atoms with Crippen LogP contribution in [0.2, 0.25) is 5.02 Å². The number of phenolic OH excluding ortho intramolecular Hbond substituents is 2. The third-order valence-electron chi connectivity index (χ3n) is 2.86. The number of hydrogen-bond donors (Lipinski definition) is 3. The summed E-state index contributed by atoms with van der Waals surface area (Å²) in [4.78, 5) is 0. The molecule has 0 spiro atoms. The molecule has 1 atom stereocenters. The van der Waals surface area contributed by atoms with Crippen LogP contribution in [0.3, 0.4) is 0 Å². The zero-order valence-electron chi connectivity index (χ0n) is 10.5. The van der Waals surface area contributed by atoms with E-state index in [9.17, 15) is 19.0 Å². The minimum atomic E-state index is -0.850. The SMILES string of the molecule is CC(Nc1c(F)cc(F)cc1Cl)c1c(O)cccc1O. The molecular formula is C14H12ClF2NO2. The molecule has 0 radical (unpaired) electrons. The highest BCUT2D eigenvalue weighted by atomic mass is 35.5. The third-order valence-corrected chi connectivity index (χ3v) is 3.16. The van der Waals surface area contributed by atoms with Gasteiger partial charge in [0, 0.05) is 6.07 Å². The van der Waals surface area contributed by atoms with Crippen LogP contribution in [-0.2, 0) is 0 Å². The lowest BCUT2D eigenvalue weighted by Gasteiger charge is -2.19. The van der Waals surface area contributed by atoms with Crippen molar-refractivity contribution in [3.8, 4) is 11.5 Å². The Hall–Kier alpha value is -2.01. The summed E-state index contributed by atoms with van der Waals surface area (Å²) in [5.41, 5.74) is 0.107. The second-order valence-electron chi connectivity index (χ2n) is 4.32. The monoisotopic (exact) mass is 299 g/mol. The van der Waals surface area contributed by atoms with Crippen LogP contribution in [-0.4, -0.2) is 10.2 Å². The van der Waals surface area contributed by atoms with E-state index in [2.05, 4.69) is 5.32 Å². The number of aromatic hydroxyl groups is 2. The minimum Gasteiger partial charge on any atom is -0.507 e. The zero-order valence-corrected chi connectivity index (χ0v) is 11.2. The number of benzene rings is 2. The molecule has 106 valence electrons. The van der Waals surface area contributed by atoms with Gasteiger partial charge in [-0.15, -0.1) is 0 Å². The molecule has 6 heteroatoms. The first-order chi connectivity index (χ1) is 9.40. The fourth-order valence-electron chi connectivity index (χ4n) is 1.95. The molecule has 0 aliphatic rings. The van der Waals surface area contributed by atoms with Crippen LogP contribution in [0.5, 0.6) is 11.5 Å². The molecule has 0 bridgehead atoms. The lowest BCUT2D eigenvalue weighted by Crippen LogP contribution is -2.09. The smallest absolute Gasteiger partial charge is 0.150 e. The van der Waals surface area contributed by atoms with Crippen molar-refractivity contribution >= 4 is 17.3 Å². The van der Waals surface area contributed by atoms with Crippen molar-refractivity contribution in [3.05, 3.63) is 52.6 Å². The van der Waals surface area contributed by atoms with Crippen LogP contribution in [0.1, 0.15) is 18.5 Å². The number of anilines is 1. The maximum atomic E-state index is 13.7. The Kier molecular flexibility index (Phi) is 3.99. The first-order valence-electron chi connectivity index (χ1n) is 5.82. The van der Waals surface area contributed by atoms with Crippen molar-refractivity contribution in [2.75, 3.05) is 5.32 Å². The Bertz CT molecular complexity index is 606. The molecule has 0 heterocycles. The zero-order chi connectivity index (χ0) is 14.9. The van der Waals surface area contributed by atoms with Gasteiger partial charge in [0.1, 0.15) is 17.3 Å². The molecule has 2 aromatic carbocycles. The highest BCUT2D eigenvalue weighted by Crippen LogP contribution is 2.36. The average molecular weight is 300 g/mol. The second kappa shape index (κ2) is 5.54. The molecule has 3 nitrogen and oxygen atoms in total. The van der Waals surface area contributed by atoms with Gasteiger partial charge in [-0.25, -0.2) is 8.78 Å². The van der Waals surface area contributed by atoms with Crippen molar-refractivity contribution in [2.24, 2.45) is 0 Å². The molecule has 0 aromatic heterocycles. The summed E-state index contributed by atoms with van der Waals surface area (Å²) in [5.74, 6) is -1.90. The predicted octanol–water partition coefficient (Wildman–Crippen LogP) is 4.20. The highest BCUT2D eigenvalue weighted by molar-refractivity contribution is 6.33. The van der Waals surface area contributed by atoms with Crippen molar-refractivity contribution in [1.29, 1.82) is 0 Å². The number of rotatable bonds is 3. The molecule has 20 heavy (non-hydrogen) atoms. The average Bonchev–Trinajstić information content (AvgIpc) is 2.33. The molecule has 0 fully saturated rings. The van der Waals surface area contributed by atoms with E-state index in [1.165, 1.54) is 18.2 Å². The van der Waals surface area contributed by atoms with Gasteiger partial charge in [-0.05, 0) is 25.1 Å². The Morgan fingerprint density at radius 3 is 2.30 bits per heavy atom. The van der Waals surface area contributed by atoms with Crippen LogP contribution in [0, 0.1) is 11.6 Å². The molecular weight excluding hydrogens is 288 g/mol. The Labute approximate surface area is 119 Å². The standard InChI is InChI=1S/C14H12ClF2NO2/c1-7(13-11(19)3-2-4-12(13)20)18-14-9(15)5-8(16)6-10(14)17/h2-7,18-20H,1H3. The maximum absolute atomic E-state index is 13.7. The summed E-state index contributed by atoms with van der Waals surface area (Å²) in [6, 6.07) is 5.32. The second-order valence-corrected chi connectivity index (χ2v) is 4.73. The fourth-order valence-corrected chi connectivity index (χ4v) is 2.20. The number of phenols is 2. The van der Waals surface area contributed by atoms with E-state index in [0.717, 1.165) is 6.07 Å². The number of nitrogens with one attached hydrogen (secondary N) is 1. The molecule has 0 amide bonds. The summed E-state index contributed by atoms with van der Waals surface area (Å²) in [6.07, 6.45) is 0. The summed E-state index contributed by atoms with van der Waals surface area (Å²) < 4.78 is 26.6. The first kappa shape index (κ1) is 14.4. The predicted molar refractivity (Wildman–Crippen MR) is 73.2 cm³/mol. The lowest BCUT2D eigenvalue weighted by atomic mass is 10.1. The van der Waals surface area contributed by atoms with E-state index in [-0.39, 0.29) is 27.8 Å². The lowest BCUT2D eigenvalue weighted by molar-refractivity contribution is 0.434. The summed E-state index contributed by atoms with van der Waals surface area (Å²) in [7, 11) is 0. The van der Waals surface area contributed by atoms with Gasteiger partial charge in [-0.3, -0.25) is 0 Å². The van der Waals surface area contributed by atoms with E-state index in [0.29, 0.717) is 6.07 Å². The van der Waals surface area contributed by atoms with Gasteiger partial charge in [0.15, 0.2) is 5.82 Å². The molecule has 0 aliphatic carbocycles. The van der Waals surface area contributed by atoms with Gasteiger partial charge in [-0.2, -0.15) is 0 Å². The van der Waals surface area contributed by atoms with Crippen LogP contribution in [0.25, 0.3) is 0 Å². The topological polar surface area (TPSA) is 52.5 Å². The van der Waals surface area contributed by atoms with Gasteiger partial charge in [0.05, 0.1) is 22.3 Å². The van der Waals surface area contributed by atoms with Gasteiger partial charge in [0.2, 0.25) is 0 Å². The maximum Gasteiger partial charge on any atom is 0.150 e. The Balaban J connectivity index is 2.35. The van der Waals surface area contributed by atoms with Crippen LogP contribution in [0.4, 0.5) is 14.5 Å². The van der Waals surface area contributed by atoms with E-state index < -0.39 is 17.7 Å².